The van der Waals surface area contributed by atoms with Gasteiger partial charge in [0.25, 0.3) is 0 Å². The second-order valence-electron chi connectivity index (χ2n) is 3.43. The van der Waals surface area contributed by atoms with Gasteiger partial charge in [0.05, 0.1) is 11.3 Å². The van der Waals surface area contributed by atoms with E-state index >= 15 is 0 Å². The maximum Gasteiger partial charge on any atom is 0.360 e. The Kier molecular flexibility index (Phi) is 4.09. The lowest BCUT2D eigenvalue weighted by atomic mass is 10.1. The molecule has 0 bridgehead atoms. The summed E-state index contributed by atoms with van der Waals surface area (Å²) in [6.07, 6.45) is 0. The molecule has 0 spiro atoms. The van der Waals surface area contributed by atoms with Gasteiger partial charge in [-0.1, -0.05) is 17.8 Å². The number of rotatable bonds is 3. The summed E-state index contributed by atoms with van der Waals surface area (Å²) in [7, 11) is 0. The monoisotopic (exact) mass is 239 g/mol. The molecular weight excluding hydrogens is 228 g/mol. The van der Waals surface area contributed by atoms with Crippen molar-refractivity contribution < 1.29 is 18.4 Å². The number of carbonyl (C=O) groups excluding carboxylic acids is 1. The highest BCUT2D eigenvalue weighted by Crippen LogP contribution is 2.13. The first kappa shape index (κ1) is 13.0. The van der Waals surface area contributed by atoms with Gasteiger partial charge in [-0.05, 0) is 26.0 Å². The molecule has 0 saturated heterocycles. The van der Waals surface area contributed by atoms with Gasteiger partial charge in [0.15, 0.2) is 0 Å². The standard InChI is InChI=1S/C12H11F2NO2/c1-7(2)12(16)17-15-8(3)11-9(13)5-4-6-10(11)14/h4-6H,1H2,2-3H3/b15-8-. The molecular formula is C12H11F2NO2. The van der Waals surface area contributed by atoms with Crippen LogP contribution < -0.4 is 0 Å². The SMILES string of the molecule is C=C(C)C(=O)O/N=C(/C)c1c(F)cccc1F. The summed E-state index contributed by atoms with van der Waals surface area (Å²) in [5, 5.41) is 3.36. The summed E-state index contributed by atoms with van der Waals surface area (Å²) in [6.45, 7) is 6.13. The normalized spacial score (nSPS) is 11.2. The molecule has 0 aliphatic rings. The minimum atomic E-state index is -0.766. The highest BCUT2D eigenvalue weighted by Gasteiger charge is 2.12. The van der Waals surface area contributed by atoms with E-state index in [1.807, 2.05) is 0 Å². The van der Waals surface area contributed by atoms with Gasteiger partial charge in [0.2, 0.25) is 0 Å². The lowest BCUT2D eigenvalue weighted by molar-refractivity contribution is -0.138. The molecule has 0 atom stereocenters. The molecule has 0 fully saturated rings. The Balaban J connectivity index is 2.97. The molecule has 5 heteroatoms. The summed E-state index contributed by atoms with van der Waals surface area (Å²) >= 11 is 0. The minimum Gasteiger partial charge on any atom is -0.313 e. The Morgan fingerprint density at radius 2 is 1.82 bits per heavy atom. The zero-order valence-corrected chi connectivity index (χ0v) is 9.46. The molecule has 0 N–H and O–H groups in total. The Morgan fingerprint density at radius 1 is 1.29 bits per heavy atom. The largest absolute Gasteiger partial charge is 0.360 e. The predicted molar refractivity (Wildman–Crippen MR) is 59.5 cm³/mol. The van der Waals surface area contributed by atoms with Crippen molar-refractivity contribution in [2.75, 3.05) is 0 Å². The van der Waals surface area contributed by atoms with Crippen molar-refractivity contribution in [2.24, 2.45) is 5.16 Å². The maximum atomic E-state index is 13.3. The second kappa shape index (κ2) is 5.34. The molecule has 0 amide bonds. The van der Waals surface area contributed by atoms with Crippen molar-refractivity contribution in [3.63, 3.8) is 0 Å². The molecule has 0 radical (unpaired) electrons. The first-order chi connectivity index (χ1) is 7.93. The van der Waals surface area contributed by atoms with Crippen LogP contribution in [0.1, 0.15) is 19.4 Å². The number of halogens is 2. The number of hydrogen-bond acceptors (Lipinski definition) is 3. The van der Waals surface area contributed by atoms with E-state index in [4.69, 9.17) is 0 Å². The third-order valence-electron chi connectivity index (χ3n) is 1.94. The Morgan fingerprint density at radius 3 is 2.29 bits per heavy atom. The molecule has 0 aromatic heterocycles. The van der Waals surface area contributed by atoms with Crippen molar-refractivity contribution in [1.82, 2.24) is 0 Å². The quantitative estimate of drug-likeness (QED) is 0.352. The Labute approximate surface area is 97.4 Å². The van der Waals surface area contributed by atoms with E-state index < -0.39 is 17.6 Å². The van der Waals surface area contributed by atoms with Crippen LogP contribution in [-0.2, 0) is 9.63 Å². The van der Waals surface area contributed by atoms with Gasteiger partial charge >= 0.3 is 5.97 Å². The molecule has 3 nitrogen and oxygen atoms in total. The second-order valence-corrected chi connectivity index (χ2v) is 3.43. The Hall–Kier alpha value is -2.04. The Bertz CT molecular complexity index is 475. The predicted octanol–water partition coefficient (Wildman–Crippen LogP) is 2.81. The fraction of sp³-hybridized carbons (Fsp3) is 0.167. The zero-order chi connectivity index (χ0) is 13.0. The lowest BCUT2D eigenvalue weighted by Crippen LogP contribution is -2.07. The third-order valence-corrected chi connectivity index (χ3v) is 1.94. The van der Waals surface area contributed by atoms with Crippen LogP contribution >= 0.6 is 0 Å². The number of nitrogens with zero attached hydrogens (tertiary/aromatic N) is 1. The van der Waals surface area contributed by atoms with E-state index in [-0.39, 0.29) is 16.8 Å². The highest BCUT2D eigenvalue weighted by molar-refractivity contribution is 5.99. The van der Waals surface area contributed by atoms with E-state index in [0.717, 1.165) is 12.1 Å². The molecule has 0 heterocycles. The van der Waals surface area contributed by atoms with E-state index in [0.29, 0.717) is 0 Å². The summed E-state index contributed by atoms with van der Waals surface area (Å²) in [5.41, 5.74) is -0.229. The molecule has 17 heavy (non-hydrogen) atoms. The average Bonchev–Trinajstić information content (AvgIpc) is 2.25. The van der Waals surface area contributed by atoms with Crippen LogP contribution in [0.3, 0.4) is 0 Å². The van der Waals surface area contributed by atoms with Gasteiger partial charge in [-0.25, -0.2) is 13.6 Å². The summed E-state index contributed by atoms with van der Waals surface area (Å²) < 4.78 is 26.6. The number of benzene rings is 1. The van der Waals surface area contributed by atoms with Gasteiger partial charge in [-0.3, -0.25) is 0 Å². The van der Waals surface area contributed by atoms with Crippen LogP contribution in [-0.4, -0.2) is 11.7 Å². The van der Waals surface area contributed by atoms with Gasteiger partial charge in [-0.2, -0.15) is 0 Å². The van der Waals surface area contributed by atoms with E-state index in [1.165, 1.54) is 19.9 Å². The molecule has 1 aromatic carbocycles. The first-order valence-electron chi connectivity index (χ1n) is 4.79. The van der Waals surface area contributed by atoms with E-state index in [2.05, 4.69) is 16.6 Å². The van der Waals surface area contributed by atoms with Crippen molar-refractivity contribution in [2.45, 2.75) is 13.8 Å². The fourth-order valence-electron chi connectivity index (χ4n) is 1.08. The van der Waals surface area contributed by atoms with Crippen molar-refractivity contribution in [1.29, 1.82) is 0 Å². The van der Waals surface area contributed by atoms with Crippen molar-refractivity contribution in [3.8, 4) is 0 Å². The van der Waals surface area contributed by atoms with Crippen molar-refractivity contribution >= 4 is 11.7 Å². The third kappa shape index (κ3) is 3.21. The highest BCUT2D eigenvalue weighted by atomic mass is 19.1. The molecule has 0 unspecified atom stereocenters. The number of carbonyl (C=O) groups is 1. The van der Waals surface area contributed by atoms with Crippen LogP contribution in [0.4, 0.5) is 8.78 Å². The fourth-order valence-corrected chi connectivity index (χ4v) is 1.08. The van der Waals surface area contributed by atoms with E-state index in [9.17, 15) is 13.6 Å². The van der Waals surface area contributed by atoms with Crippen molar-refractivity contribution in [3.05, 3.63) is 47.5 Å². The molecule has 90 valence electrons. The van der Waals surface area contributed by atoms with Gasteiger partial charge in [0.1, 0.15) is 11.6 Å². The van der Waals surface area contributed by atoms with Crippen LogP contribution in [0.2, 0.25) is 0 Å². The first-order valence-corrected chi connectivity index (χ1v) is 4.79. The smallest absolute Gasteiger partial charge is 0.313 e. The molecule has 0 aliphatic carbocycles. The van der Waals surface area contributed by atoms with Crippen LogP contribution in [0.5, 0.6) is 0 Å². The number of oxime groups is 1. The van der Waals surface area contributed by atoms with Gasteiger partial charge in [-0.15, -0.1) is 0 Å². The maximum absolute atomic E-state index is 13.3. The topological polar surface area (TPSA) is 38.7 Å². The minimum absolute atomic E-state index is 0.0600. The van der Waals surface area contributed by atoms with Crippen LogP contribution in [0.25, 0.3) is 0 Å². The van der Waals surface area contributed by atoms with Gasteiger partial charge < -0.3 is 4.84 Å². The number of hydrogen-bond donors (Lipinski definition) is 0. The molecule has 0 aliphatic heterocycles. The zero-order valence-electron chi connectivity index (χ0n) is 9.46. The van der Waals surface area contributed by atoms with E-state index in [1.54, 1.807) is 0 Å². The van der Waals surface area contributed by atoms with Gasteiger partial charge in [0, 0.05) is 5.57 Å². The molecule has 1 aromatic rings. The average molecular weight is 239 g/mol. The molecule has 0 saturated carbocycles. The molecule has 1 rings (SSSR count). The summed E-state index contributed by atoms with van der Waals surface area (Å²) in [6, 6.07) is 3.43. The lowest BCUT2D eigenvalue weighted by Gasteiger charge is -2.03. The summed E-state index contributed by atoms with van der Waals surface area (Å²) in [4.78, 5) is 15.5. The van der Waals surface area contributed by atoms with Crippen LogP contribution in [0.15, 0.2) is 35.5 Å². The van der Waals surface area contributed by atoms with Crippen LogP contribution in [0, 0.1) is 11.6 Å². The summed E-state index contributed by atoms with van der Waals surface area (Å²) in [5.74, 6) is -2.28.